The van der Waals surface area contributed by atoms with Crippen LogP contribution in [0.25, 0.3) is 33.3 Å². The number of carbonyl (C=O) groups excluding carboxylic acids is 1. The fourth-order valence-electron chi connectivity index (χ4n) is 2.81. The van der Waals surface area contributed by atoms with E-state index in [9.17, 15) is 4.79 Å². The van der Waals surface area contributed by atoms with Crippen LogP contribution in [-0.4, -0.2) is 32.7 Å². The quantitative estimate of drug-likeness (QED) is 0.557. The van der Waals surface area contributed by atoms with Crippen molar-refractivity contribution in [2.45, 2.75) is 6.92 Å². The standard InChI is InChI=1S/C19H16N4O2/c1-2-25-19(24)13-5-3-12(4-6-13)14-7-16-17(15-9-22-23-10-15)11-21-18(16)20-8-14/h3-11H,2H2,1H3,(H,20,21)(H,22,23). The van der Waals surface area contributed by atoms with Crippen LogP contribution in [0.4, 0.5) is 0 Å². The largest absolute Gasteiger partial charge is 0.462 e. The number of aromatic amines is 2. The zero-order valence-corrected chi connectivity index (χ0v) is 13.6. The first-order chi connectivity index (χ1) is 12.3. The Morgan fingerprint density at radius 3 is 2.64 bits per heavy atom. The minimum absolute atomic E-state index is 0.310. The molecule has 4 rings (SSSR count). The van der Waals surface area contributed by atoms with Gasteiger partial charge in [-0.15, -0.1) is 0 Å². The third-order valence-corrected chi connectivity index (χ3v) is 4.07. The van der Waals surface area contributed by atoms with Gasteiger partial charge in [-0.3, -0.25) is 5.10 Å². The second-order valence-electron chi connectivity index (χ2n) is 5.61. The fourth-order valence-corrected chi connectivity index (χ4v) is 2.81. The lowest BCUT2D eigenvalue weighted by Crippen LogP contribution is -2.03. The predicted molar refractivity (Wildman–Crippen MR) is 95.1 cm³/mol. The Hall–Kier alpha value is -3.41. The Balaban J connectivity index is 1.72. The van der Waals surface area contributed by atoms with Gasteiger partial charge in [-0.25, -0.2) is 9.78 Å². The van der Waals surface area contributed by atoms with E-state index in [1.165, 1.54) is 0 Å². The number of nitrogens with one attached hydrogen (secondary N) is 2. The molecule has 124 valence electrons. The number of esters is 1. The minimum Gasteiger partial charge on any atom is -0.462 e. The van der Waals surface area contributed by atoms with Crippen molar-refractivity contribution in [2.75, 3.05) is 6.61 Å². The molecule has 0 saturated heterocycles. The van der Waals surface area contributed by atoms with E-state index < -0.39 is 0 Å². The number of hydrogen-bond donors (Lipinski definition) is 2. The van der Waals surface area contributed by atoms with Crippen LogP contribution in [0.15, 0.2) is 55.1 Å². The maximum Gasteiger partial charge on any atom is 0.338 e. The Bertz CT molecular complexity index is 1020. The van der Waals surface area contributed by atoms with E-state index in [1.807, 2.05) is 30.7 Å². The maximum absolute atomic E-state index is 11.8. The van der Waals surface area contributed by atoms with Gasteiger partial charge in [0.2, 0.25) is 0 Å². The zero-order chi connectivity index (χ0) is 17.2. The number of aromatic nitrogens is 4. The molecule has 0 amide bonds. The van der Waals surface area contributed by atoms with Crippen molar-refractivity contribution in [3.8, 4) is 22.3 Å². The lowest BCUT2D eigenvalue weighted by Gasteiger charge is -2.05. The van der Waals surface area contributed by atoms with Gasteiger partial charge in [0.1, 0.15) is 5.65 Å². The Labute approximate surface area is 143 Å². The summed E-state index contributed by atoms with van der Waals surface area (Å²) in [6.07, 6.45) is 7.38. The normalized spacial score (nSPS) is 10.9. The van der Waals surface area contributed by atoms with Gasteiger partial charge in [0, 0.05) is 40.7 Å². The highest BCUT2D eigenvalue weighted by atomic mass is 16.5. The van der Waals surface area contributed by atoms with Crippen molar-refractivity contribution >= 4 is 17.0 Å². The summed E-state index contributed by atoms with van der Waals surface area (Å²) in [4.78, 5) is 19.4. The van der Waals surface area contributed by atoms with E-state index >= 15 is 0 Å². The van der Waals surface area contributed by atoms with Crippen LogP contribution in [0.5, 0.6) is 0 Å². The summed E-state index contributed by atoms with van der Waals surface area (Å²) in [5.74, 6) is -0.310. The molecule has 0 unspecified atom stereocenters. The molecule has 0 aliphatic rings. The molecule has 3 aromatic heterocycles. The molecule has 0 fully saturated rings. The molecule has 3 heterocycles. The van der Waals surface area contributed by atoms with Crippen LogP contribution in [-0.2, 0) is 4.74 Å². The van der Waals surface area contributed by atoms with E-state index in [0.29, 0.717) is 12.2 Å². The summed E-state index contributed by atoms with van der Waals surface area (Å²) in [5.41, 5.74) is 5.38. The van der Waals surface area contributed by atoms with Crippen molar-refractivity contribution in [3.05, 3.63) is 60.7 Å². The molecular formula is C19H16N4O2. The molecule has 0 aliphatic heterocycles. The molecule has 4 aromatic rings. The van der Waals surface area contributed by atoms with Gasteiger partial charge in [-0.1, -0.05) is 12.1 Å². The van der Waals surface area contributed by atoms with Gasteiger partial charge in [0.15, 0.2) is 0 Å². The molecule has 2 N–H and O–H groups in total. The maximum atomic E-state index is 11.8. The lowest BCUT2D eigenvalue weighted by molar-refractivity contribution is 0.0526. The van der Waals surface area contributed by atoms with E-state index in [4.69, 9.17) is 4.74 Å². The molecule has 25 heavy (non-hydrogen) atoms. The molecular weight excluding hydrogens is 316 g/mol. The van der Waals surface area contributed by atoms with Gasteiger partial charge < -0.3 is 9.72 Å². The van der Waals surface area contributed by atoms with Gasteiger partial charge in [0.25, 0.3) is 0 Å². The highest BCUT2D eigenvalue weighted by molar-refractivity contribution is 5.96. The molecule has 0 saturated carbocycles. The molecule has 6 nitrogen and oxygen atoms in total. The van der Waals surface area contributed by atoms with E-state index in [1.54, 1.807) is 25.3 Å². The smallest absolute Gasteiger partial charge is 0.338 e. The SMILES string of the molecule is CCOC(=O)c1ccc(-c2cnc3[nH]cc(-c4cn[nH]c4)c3c2)cc1. The lowest BCUT2D eigenvalue weighted by atomic mass is 10.0. The number of pyridine rings is 1. The third-order valence-electron chi connectivity index (χ3n) is 4.07. The number of carbonyl (C=O) groups is 1. The topological polar surface area (TPSA) is 83.7 Å². The molecule has 0 atom stereocenters. The summed E-state index contributed by atoms with van der Waals surface area (Å²) in [5, 5.41) is 7.85. The monoisotopic (exact) mass is 332 g/mol. The zero-order valence-electron chi connectivity index (χ0n) is 13.6. The average Bonchev–Trinajstić information content (AvgIpc) is 3.30. The Morgan fingerprint density at radius 2 is 1.92 bits per heavy atom. The number of nitrogens with zero attached hydrogens (tertiary/aromatic N) is 2. The first-order valence-electron chi connectivity index (χ1n) is 8.00. The van der Waals surface area contributed by atoms with Crippen LogP contribution >= 0.6 is 0 Å². The van der Waals surface area contributed by atoms with Gasteiger partial charge in [-0.05, 0) is 30.7 Å². The number of ether oxygens (including phenoxy) is 1. The third kappa shape index (κ3) is 2.78. The fraction of sp³-hybridized carbons (Fsp3) is 0.105. The summed E-state index contributed by atoms with van der Waals surface area (Å²) in [7, 11) is 0. The van der Waals surface area contributed by atoms with Crippen molar-refractivity contribution in [3.63, 3.8) is 0 Å². The summed E-state index contributed by atoms with van der Waals surface area (Å²) >= 11 is 0. The van der Waals surface area contributed by atoms with Gasteiger partial charge in [-0.2, -0.15) is 5.10 Å². The van der Waals surface area contributed by atoms with Crippen LogP contribution in [0.1, 0.15) is 17.3 Å². The molecule has 0 aliphatic carbocycles. The number of fused-ring (bicyclic) bond motifs is 1. The number of benzene rings is 1. The minimum atomic E-state index is -0.310. The van der Waals surface area contributed by atoms with Crippen LogP contribution in [0.3, 0.4) is 0 Å². The van der Waals surface area contributed by atoms with Crippen LogP contribution in [0, 0.1) is 0 Å². The van der Waals surface area contributed by atoms with Crippen LogP contribution < -0.4 is 0 Å². The van der Waals surface area contributed by atoms with Crippen molar-refractivity contribution < 1.29 is 9.53 Å². The molecule has 6 heteroatoms. The van der Waals surface area contributed by atoms with Gasteiger partial charge >= 0.3 is 5.97 Å². The first-order valence-corrected chi connectivity index (χ1v) is 8.00. The summed E-state index contributed by atoms with van der Waals surface area (Å²) < 4.78 is 5.01. The molecule has 0 bridgehead atoms. The van der Waals surface area contributed by atoms with Crippen molar-refractivity contribution in [1.29, 1.82) is 0 Å². The second-order valence-corrected chi connectivity index (χ2v) is 5.61. The Morgan fingerprint density at radius 1 is 1.08 bits per heavy atom. The molecule has 1 aromatic carbocycles. The van der Waals surface area contributed by atoms with Crippen molar-refractivity contribution in [2.24, 2.45) is 0 Å². The highest BCUT2D eigenvalue weighted by Gasteiger charge is 2.11. The second kappa shape index (κ2) is 6.24. The first kappa shape index (κ1) is 15.1. The number of rotatable bonds is 4. The van der Waals surface area contributed by atoms with E-state index in [-0.39, 0.29) is 5.97 Å². The summed E-state index contributed by atoms with van der Waals surface area (Å²) in [6, 6.07) is 9.43. The van der Waals surface area contributed by atoms with Crippen molar-refractivity contribution in [1.82, 2.24) is 20.2 Å². The van der Waals surface area contributed by atoms with E-state index in [0.717, 1.165) is 33.3 Å². The number of hydrogen-bond acceptors (Lipinski definition) is 4. The Kier molecular flexibility index (Phi) is 3.78. The average molecular weight is 332 g/mol. The van der Waals surface area contributed by atoms with Gasteiger partial charge in [0.05, 0.1) is 18.4 Å². The highest BCUT2D eigenvalue weighted by Crippen LogP contribution is 2.30. The predicted octanol–water partition coefficient (Wildman–Crippen LogP) is 3.80. The van der Waals surface area contributed by atoms with E-state index in [2.05, 4.69) is 26.2 Å². The molecule has 0 radical (unpaired) electrons. The summed E-state index contributed by atoms with van der Waals surface area (Å²) in [6.45, 7) is 2.16. The van der Waals surface area contributed by atoms with Crippen LogP contribution in [0.2, 0.25) is 0 Å². The number of H-pyrrole nitrogens is 2. The molecule has 0 spiro atoms.